The first-order chi connectivity index (χ1) is 10.2. The predicted molar refractivity (Wildman–Crippen MR) is 88.8 cm³/mol. The van der Waals surface area contributed by atoms with Crippen molar-refractivity contribution in [2.45, 2.75) is 0 Å². The van der Waals surface area contributed by atoms with Crippen LogP contribution in [0, 0.1) is 0 Å². The Morgan fingerprint density at radius 2 is 2.05 bits per heavy atom. The van der Waals surface area contributed by atoms with Gasteiger partial charge in [0.25, 0.3) is 0 Å². The van der Waals surface area contributed by atoms with Crippen LogP contribution in [0.15, 0.2) is 64.3 Å². The molecule has 1 aromatic heterocycles. The van der Waals surface area contributed by atoms with Crippen molar-refractivity contribution in [3.05, 3.63) is 64.8 Å². The fourth-order valence-corrected chi connectivity index (χ4v) is 2.42. The highest BCUT2D eigenvalue weighted by Gasteiger charge is 2.05. The van der Waals surface area contributed by atoms with Gasteiger partial charge in [0.15, 0.2) is 0 Å². The molecule has 2 N–H and O–H groups in total. The molecule has 0 bridgehead atoms. The van der Waals surface area contributed by atoms with E-state index in [0.717, 1.165) is 15.2 Å². The lowest BCUT2D eigenvalue weighted by molar-refractivity contribution is 0.475. The van der Waals surface area contributed by atoms with Gasteiger partial charge in [-0.1, -0.05) is 34.1 Å². The van der Waals surface area contributed by atoms with Crippen LogP contribution in [0.5, 0.6) is 5.75 Å². The monoisotopic (exact) mass is 341 g/mol. The third-order valence-corrected chi connectivity index (χ3v) is 3.53. The van der Waals surface area contributed by atoms with Crippen LogP contribution in [0.1, 0.15) is 5.56 Å². The third kappa shape index (κ3) is 3.03. The highest BCUT2D eigenvalue weighted by molar-refractivity contribution is 9.10. The number of benzene rings is 2. The molecule has 3 rings (SSSR count). The molecule has 5 heteroatoms. The lowest BCUT2D eigenvalue weighted by Crippen LogP contribution is -1.93. The van der Waals surface area contributed by atoms with Crippen LogP contribution in [-0.2, 0) is 0 Å². The SMILES string of the molecule is Oc1ccc2cc(Br)ccc2c1/C=N/Nc1ccccn1. The minimum Gasteiger partial charge on any atom is -0.507 e. The van der Waals surface area contributed by atoms with Crippen LogP contribution in [0.2, 0.25) is 0 Å². The van der Waals surface area contributed by atoms with Gasteiger partial charge in [0.05, 0.1) is 6.21 Å². The first kappa shape index (κ1) is 13.6. The molecular formula is C16H12BrN3O. The highest BCUT2D eigenvalue weighted by Crippen LogP contribution is 2.28. The van der Waals surface area contributed by atoms with Gasteiger partial charge in [-0.05, 0) is 41.1 Å². The Morgan fingerprint density at radius 3 is 2.86 bits per heavy atom. The maximum absolute atomic E-state index is 10.0. The number of halogens is 1. The van der Waals surface area contributed by atoms with Gasteiger partial charge < -0.3 is 5.11 Å². The van der Waals surface area contributed by atoms with E-state index in [0.29, 0.717) is 11.4 Å². The number of nitrogens with zero attached hydrogens (tertiary/aromatic N) is 2. The van der Waals surface area contributed by atoms with E-state index in [1.807, 2.05) is 42.5 Å². The summed E-state index contributed by atoms with van der Waals surface area (Å²) in [5.41, 5.74) is 3.50. The molecule has 0 aliphatic rings. The molecule has 4 nitrogen and oxygen atoms in total. The van der Waals surface area contributed by atoms with Crippen LogP contribution in [-0.4, -0.2) is 16.3 Å². The molecule has 0 saturated heterocycles. The van der Waals surface area contributed by atoms with Crippen LogP contribution >= 0.6 is 15.9 Å². The average molecular weight is 342 g/mol. The first-order valence-corrected chi connectivity index (χ1v) is 7.15. The second kappa shape index (κ2) is 5.93. The Bertz CT molecular complexity index is 803. The van der Waals surface area contributed by atoms with E-state index in [-0.39, 0.29) is 5.75 Å². The van der Waals surface area contributed by atoms with Gasteiger partial charge in [-0.25, -0.2) is 4.98 Å². The average Bonchev–Trinajstić information content (AvgIpc) is 2.50. The normalized spacial score (nSPS) is 11.1. The smallest absolute Gasteiger partial charge is 0.146 e. The molecule has 1 heterocycles. The molecule has 0 unspecified atom stereocenters. The van der Waals surface area contributed by atoms with Gasteiger partial charge in [0, 0.05) is 16.2 Å². The number of nitrogens with one attached hydrogen (secondary N) is 1. The van der Waals surface area contributed by atoms with Crippen molar-refractivity contribution in [2.75, 3.05) is 5.43 Å². The van der Waals surface area contributed by atoms with Gasteiger partial charge >= 0.3 is 0 Å². The van der Waals surface area contributed by atoms with E-state index < -0.39 is 0 Å². The number of phenols is 1. The number of rotatable bonds is 3. The van der Waals surface area contributed by atoms with Crippen molar-refractivity contribution >= 4 is 38.7 Å². The maximum Gasteiger partial charge on any atom is 0.146 e. The molecule has 0 radical (unpaired) electrons. The zero-order valence-corrected chi connectivity index (χ0v) is 12.6. The van der Waals surface area contributed by atoms with Crippen molar-refractivity contribution in [1.82, 2.24) is 4.98 Å². The number of aromatic hydroxyl groups is 1. The van der Waals surface area contributed by atoms with E-state index in [1.54, 1.807) is 18.5 Å². The summed E-state index contributed by atoms with van der Waals surface area (Å²) in [5, 5.41) is 16.1. The van der Waals surface area contributed by atoms with Crippen molar-refractivity contribution in [2.24, 2.45) is 5.10 Å². The van der Waals surface area contributed by atoms with Crippen molar-refractivity contribution in [3.63, 3.8) is 0 Å². The Balaban J connectivity index is 1.94. The van der Waals surface area contributed by atoms with Gasteiger partial charge in [-0.3, -0.25) is 5.43 Å². The number of hydrogen-bond donors (Lipinski definition) is 2. The number of hydrazone groups is 1. The van der Waals surface area contributed by atoms with Gasteiger partial charge in [0.1, 0.15) is 11.6 Å². The molecule has 0 spiro atoms. The van der Waals surface area contributed by atoms with Crippen molar-refractivity contribution < 1.29 is 5.11 Å². The Kier molecular flexibility index (Phi) is 3.83. The van der Waals surface area contributed by atoms with Crippen LogP contribution in [0.3, 0.4) is 0 Å². The second-order valence-corrected chi connectivity index (χ2v) is 5.36. The summed E-state index contributed by atoms with van der Waals surface area (Å²) >= 11 is 3.44. The topological polar surface area (TPSA) is 57.5 Å². The van der Waals surface area contributed by atoms with Crippen LogP contribution < -0.4 is 5.43 Å². The van der Waals surface area contributed by atoms with E-state index in [2.05, 4.69) is 31.4 Å². The van der Waals surface area contributed by atoms with E-state index >= 15 is 0 Å². The molecule has 0 aliphatic heterocycles. The summed E-state index contributed by atoms with van der Waals surface area (Å²) in [6, 6.07) is 14.9. The van der Waals surface area contributed by atoms with E-state index in [9.17, 15) is 5.11 Å². The minimum absolute atomic E-state index is 0.191. The number of anilines is 1. The largest absolute Gasteiger partial charge is 0.507 e. The van der Waals surface area contributed by atoms with Crippen LogP contribution in [0.25, 0.3) is 10.8 Å². The summed E-state index contributed by atoms with van der Waals surface area (Å²) < 4.78 is 0.996. The molecule has 0 fully saturated rings. The molecular weight excluding hydrogens is 330 g/mol. The summed E-state index contributed by atoms with van der Waals surface area (Å²) in [6.45, 7) is 0. The van der Waals surface area contributed by atoms with Gasteiger partial charge in [-0.15, -0.1) is 0 Å². The molecule has 0 atom stereocenters. The summed E-state index contributed by atoms with van der Waals surface area (Å²) in [7, 11) is 0. The van der Waals surface area contributed by atoms with Gasteiger partial charge in [-0.2, -0.15) is 5.10 Å². The predicted octanol–water partition coefficient (Wildman–Crippen LogP) is 4.15. The summed E-state index contributed by atoms with van der Waals surface area (Å²) in [4.78, 5) is 4.11. The number of hydrogen-bond acceptors (Lipinski definition) is 4. The molecule has 21 heavy (non-hydrogen) atoms. The summed E-state index contributed by atoms with van der Waals surface area (Å²) in [5.74, 6) is 0.840. The molecule has 2 aromatic carbocycles. The molecule has 104 valence electrons. The number of aromatic nitrogens is 1. The summed E-state index contributed by atoms with van der Waals surface area (Å²) in [6.07, 6.45) is 3.28. The Morgan fingerprint density at radius 1 is 1.14 bits per heavy atom. The molecule has 3 aromatic rings. The number of pyridine rings is 1. The maximum atomic E-state index is 10.0. The Hall–Kier alpha value is -2.40. The fraction of sp³-hybridized carbons (Fsp3) is 0. The lowest BCUT2D eigenvalue weighted by atomic mass is 10.0. The van der Waals surface area contributed by atoms with Crippen molar-refractivity contribution in [1.29, 1.82) is 0 Å². The standard InChI is InChI=1S/C16H12BrN3O/c17-12-5-6-13-11(9-12)4-7-15(21)14(13)10-19-20-16-3-1-2-8-18-16/h1-10,21H,(H,18,20)/b19-10+. The van der Waals surface area contributed by atoms with E-state index in [4.69, 9.17) is 0 Å². The molecule has 0 saturated carbocycles. The number of phenolic OH excluding ortho intramolecular Hbond substituents is 1. The van der Waals surface area contributed by atoms with Crippen LogP contribution in [0.4, 0.5) is 5.82 Å². The zero-order chi connectivity index (χ0) is 14.7. The molecule has 0 amide bonds. The highest BCUT2D eigenvalue weighted by atomic mass is 79.9. The minimum atomic E-state index is 0.191. The van der Waals surface area contributed by atoms with Gasteiger partial charge in [0.2, 0.25) is 0 Å². The number of fused-ring (bicyclic) bond motifs is 1. The van der Waals surface area contributed by atoms with Crippen molar-refractivity contribution in [3.8, 4) is 5.75 Å². The zero-order valence-electron chi connectivity index (χ0n) is 11.0. The Labute approximate surface area is 130 Å². The quantitative estimate of drug-likeness (QED) is 0.555. The van der Waals surface area contributed by atoms with E-state index in [1.165, 1.54) is 0 Å². The first-order valence-electron chi connectivity index (χ1n) is 6.35. The molecule has 0 aliphatic carbocycles. The second-order valence-electron chi connectivity index (χ2n) is 4.45. The fourth-order valence-electron chi connectivity index (χ4n) is 2.04. The third-order valence-electron chi connectivity index (χ3n) is 3.04. The lowest BCUT2D eigenvalue weighted by Gasteiger charge is -2.05.